The minimum absolute atomic E-state index is 0.0997. The van der Waals surface area contributed by atoms with Crippen LogP contribution in [0.15, 0.2) is 48.8 Å². The van der Waals surface area contributed by atoms with Gasteiger partial charge in [-0.3, -0.25) is 9.78 Å². The van der Waals surface area contributed by atoms with Gasteiger partial charge in [-0.2, -0.15) is 0 Å². The fourth-order valence-corrected chi connectivity index (χ4v) is 3.25. The van der Waals surface area contributed by atoms with Crippen LogP contribution in [-0.2, 0) is 9.53 Å². The first-order chi connectivity index (χ1) is 12.1. The molecule has 0 N–H and O–H groups in total. The lowest BCUT2D eigenvalue weighted by molar-refractivity contribution is -0.137. The predicted molar refractivity (Wildman–Crippen MR) is 90.2 cm³/mol. The Kier molecular flexibility index (Phi) is 3.80. The van der Waals surface area contributed by atoms with Crippen LogP contribution in [0.3, 0.4) is 0 Å². The van der Waals surface area contributed by atoms with Gasteiger partial charge >= 0.3 is 5.97 Å². The first kappa shape index (κ1) is 15.5. The fourth-order valence-electron chi connectivity index (χ4n) is 3.25. The summed E-state index contributed by atoms with van der Waals surface area (Å²) in [6.07, 6.45) is 3.75. The summed E-state index contributed by atoms with van der Waals surface area (Å²) in [6.45, 7) is 2.23. The SMILES string of the molecule is Cc1nc(-c2ccc(F)cc2)c(-c2ccncc2)n1C1COC(=O)C1. The van der Waals surface area contributed by atoms with Crippen LogP contribution < -0.4 is 0 Å². The van der Waals surface area contributed by atoms with Crippen LogP contribution in [-0.4, -0.2) is 27.1 Å². The minimum Gasteiger partial charge on any atom is -0.463 e. The summed E-state index contributed by atoms with van der Waals surface area (Å²) in [4.78, 5) is 20.4. The molecule has 126 valence electrons. The van der Waals surface area contributed by atoms with Crippen LogP contribution in [0.4, 0.5) is 4.39 Å². The maximum atomic E-state index is 13.3. The van der Waals surface area contributed by atoms with Crippen molar-refractivity contribution in [1.29, 1.82) is 0 Å². The largest absolute Gasteiger partial charge is 0.463 e. The lowest BCUT2D eigenvalue weighted by Gasteiger charge is -2.16. The molecule has 1 aromatic carbocycles. The first-order valence-corrected chi connectivity index (χ1v) is 8.04. The van der Waals surface area contributed by atoms with Crippen LogP contribution in [0, 0.1) is 12.7 Å². The molecule has 0 amide bonds. The van der Waals surface area contributed by atoms with Gasteiger partial charge in [-0.1, -0.05) is 0 Å². The van der Waals surface area contributed by atoms with Crippen molar-refractivity contribution in [2.24, 2.45) is 0 Å². The molecule has 0 radical (unpaired) electrons. The third-order valence-corrected chi connectivity index (χ3v) is 4.36. The van der Waals surface area contributed by atoms with E-state index >= 15 is 0 Å². The molecule has 5 nitrogen and oxygen atoms in total. The molecule has 1 aliphatic heterocycles. The Labute approximate surface area is 144 Å². The van der Waals surface area contributed by atoms with Crippen LogP contribution in [0.25, 0.3) is 22.5 Å². The van der Waals surface area contributed by atoms with Gasteiger partial charge in [0.05, 0.1) is 23.9 Å². The van der Waals surface area contributed by atoms with Crippen molar-refractivity contribution in [3.05, 3.63) is 60.4 Å². The van der Waals surface area contributed by atoms with Crippen LogP contribution in [0.1, 0.15) is 18.3 Å². The average molecular weight is 337 g/mol. The van der Waals surface area contributed by atoms with Gasteiger partial charge in [-0.15, -0.1) is 0 Å². The predicted octanol–water partition coefficient (Wildman–Crippen LogP) is 3.55. The van der Waals surface area contributed by atoms with Crippen LogP contribution in [0.2, 0.25) is 0 Å². The number of rotatable bonds is 3. The summed E-state index contributed by atoms with van der Waals surface area (Å²) < 4.78 is 20.5. The van der Waals surface area contributed by atoms with Crippen LogP contribution in [0.5, 0.6) is 0 Å². The molecule has 0 aliphatic carbocycles. The molecule has 0 saturated carbocycles. The van der Waals surface area contributed by atoms with E-state index in [1.807, 2.05) is 23.6 Å². The molecule has 1 aliphatic rings. The van der Waals surface area contributed by atoms with Gasteiger partial charge in [0.2, 0.25) is 0 Å². The third kappa shape index (κ3) is 2.80. The van der Waals surface area contributed by atoms with E-state index in [4.69, 9.17) is 9.72 Å². The van der Waals surface area contributed by atoms with Crippen molar-refractivity contribution < 1.29 is 13.9 Å². The smallest absolute Gasteiger partial charge is 0.308 e. The van der Waals surface area contributed by atoms with Crippen molar-refractivity contribution in [1.82, 2.24) is 14.5 Å². The maximum Gasteiger partial charge on any atom is 0.308 e. The molecule has 2 aromatic heterocycles. The number of hydrogen-bond acceptors (Lipinski definition) is 4. The summed E-state index contributed by atoms with van der Waals surface area (Å²) >= 11 is 0. The topological polar surface area (TPSA) is 57.0 Å². The number of carbonyl (C=O) groups is 1. The van der Waals surface area contributed by atoms with Gasteiger partial charge in [0.25, 0.3) is 0 Å². The Hall–Kier alpha value is -3.02. The van der Waals surface area contributed by atoms with E-state index in [-0.39, 0.29) is 17.8 Å². The van der Waals surface area contributed by atoms with Gasteiger partial charge in [0, 0.05) is 23.5 Å². The van der Waals surface area contributed by atoms with Gasteiger partial charge in [-0.25, -0.2) is 9.37 Å². The quantitative estimate of drug-likeness (QED) is 0.686. The van der Waals surface area contributed by atoms with E-state index in [1.54, 1.807) is 24.5 Å². The number of carbonyl (C=O) groups excluding carboxylic acids is 1. The van der Waals surface area contributed by atoms with Crippen molar-refractivity contribution in [3.63, 3.8) is 0 Å². The number of hydrogen-bond donors (Lipinski definition) is 0. The number of ether oxygens (including phenoxy) is 1. The number of halogens is 1. The summed E-state index contributed by atoms with van der Waals surface area (Å²) in [5.74, 6) is 0.289. The molecule has 1 unspecified atom stereocenters. The number of nitrogens with zero attached hydrogens (tertiary/aromatic N) is 3. The molecule has 1 saturated heterocycles. The molecule has 3 aromatic rings. The summed E-state index contributed by atoms with van der Waals surface area (Å²) in [7, 11) is 0. The summed E-state index contributed by atoms with van der Waals surface area (Å²) in [5, 5.41) is 0. The molecule has 0 spiro atoms. The Morgan fingerprint density at radius 3 is 2.48 bits per heavy atom. The zero-order chi connectivity index (χ0) is 17.4. The van der Waals surface area contributed by atoms with Crippen molar-refractivity contribution in [2.75, 3.05) is 6.61 Å². The molecule has 25 heavy (non-hydrogen) atoms. The average Bonchev–Trinajstić information content (AvgIpc) is 3.19. The van der Waals surface area contributed by atoms with E-state index in [2.05, 4.69) is 4.98 Å². The monoisotopic (exact) mass is 337 g/mol. The van der Waals surface area contributed by atoms with Gasteiger partial charge in [-0.05, 0) is 43.3 Å². The lowest BCUT2D eigenvalue weighted by atomic mass is 10.0. The van der Waals surface area contributed by atoms with E-state index in [9.17, 15) is 9.18 Å². The second-order valence-electron chi connectivity index (χ2n) is 6.01. The molecule has 1 atom stereocenters. The Morgan fingerprint density at radius 1 is 1.12 bits per heavy atom. The first-order valence-electron chi connectivity index (χ1n) is 8.04. The van der Waals surface area contributed by atoms with E-state index < -0.39 is 0 Å². The summed E-state index contributed by atoms with van der Waals surface area (Å²) in [5.41, 5.74) is 3.40. The number of benzene rings is 1. The third-order valence-electron chi connectivity index (χ3n) is 4.36. The minimum atomic E-state index is -0.292. The van der Waals surface area contributed by atoms with Crippen LogP contribution >= 0.6 is 0 Å². The Morgan fingerprint density at radius 2 is 1.84 bits per heavy atom. The highest BCUT2D eigenvalue weighted by Gasteiger charge is 2.30. The number of aryl methyl sites for hydroxylation is 1. The molecular formula is C19H16FN3O2. The zero-order valence-electron chi connectivity index (χ0n) is 13.6. The summed E-state index contributed by atoms with van der Waals surface area (Å²) in [6, 6.07) is 9.96. The molecule has 1 fully saturated rings. The number of pyridine rings is 1. The van der Waals surface area contributed by atoms with Crippen molar-refractivity contribution >= 4 is 5.97 Å². The van der Waals surface area contributed by atoms with E-state index in [0.29, 0.717) is 13.0 Å². The highest BCUT2D eigenvalue weighted by Crippen LogP contribution is 2.36. The number of aromatic nitrogens is 3. The molecule has 3 heterocycles. The highest BCUT2D eigenvalue weighted by molar-refractivity contribution is 5.80. The van der Waals surface area contributed by atoms with Gasteiger partial charge in [0.1, 0.15) is 18.2 Å². The van der Waals surface area contributed by atoms with Gasteiger partial charge in [0.15, 0.2) is 0 Å². The van der Waals surface area contributed by atoms with E-state index in [1.165, 1.54) is 12.1 Å². The molecule has 4 rings (SSSR count). The Balaban J connectivity index is 1.92. The van der Waals surface area contributed by atoms with Gasteiger partial charge < -0.3 is 9.30 Å². The highest BCUT2D eigenvalue weighted by atomic mass is 19.1. The Bertz CT molecular complexity index is 920. The standard InChI is InChI=1S/C19H16FN3O2/c1-12-22-18(13-2-4-15(20)5-3-13)19(14-6-8-21-9-7-14)23(12)16-10-17(24)25-11-16/h2-9,16H,10-11H2,1H3. The maximum absolute atomic E-state index is 13.3. The molecule has 0 bridgehead atoms. The van der Waals surface area contributed by atoms with Crippen molar-refractivity contribution in [2.45, 2.75) is 19.4 Å². The zero-order valence-corrected chi connectivity index (χ0v) is 13.6. The number of imidazole rings is 1. The number of esters is 1. The lowest BCUT2D eigenvalue weighted by Crippen LogP contribution is -2.12. The molecular weight excluding hydrogens is 321 g/mol. The van der Waals surface area contributed by atoms with Crippen molar-refractivity contribution in [3.8, 4) is 22.5 Å². The number of cyclic esters (lactones) is 1. The molecule has 6 heteroatoms. The second-order valence-corrected chi connectivity index (χ2v) is 6.01. The fraction of sp³-hybridized carbons (Fsp3) is 0.211. The normalized spacial score (nSPS) is 16.9. The second kappa shape index (κ2) is 6.12. The van der Waals surface area contributed by atoms with E-state index in [0.717, 1.165) is 28.3 Å².